The van der Waals surface area contributed by atoms with Crippen molar-refractivity contribution in [3.63, 3.8) is 0 Å². The predicted octanol–water partition coefficient (Wildman–Crippen LogP) is 3.99. The molecule has 0 bridgehead atoms. The summed E-state index contributed by atoms with van der Waals surface area (Å²) in [6.07, 6.45) is 1.06. The van der Waals surface area contributed by atoms with Gasteiger partial charge in [0.05, 0.1) is 6.61 Å². The Kier molecular flexibility index (Phi) is 5.24. The van der Waals surface area contributed by atoms with Crippen LogP contribution in [0.4, 0.5) is 0 Å². The van der Waals surface area contributed by atoms with Gasteiger partial charge in [0.15, 0.2) is 11.5 Å². The smallest absolute Gasteiger partial charge is 0.161 e. The third-order valence-electron chi connectivity index (χ3n) is 3.15. The van der Waals surface area contributed by atoms with E-state index in [1.807, 2.05) is 30.3 Å². The van der Waals surface area contributed by atoms with Crippen molar-refractivity contribution in [2.24, 2.45) is 5.92 Å². The fourth-order valence-corrected chi connectivity index (χ4v) is 1.95. The van der Waals surface area contributed by atoms with Crippen LogP contribution in [0.25, 0.3) is 10.8 Å². The van der Waals surface area contributed by atoms with E-state index in [0.29, 0.717) is 24.9 Å². The van der Waals surface area contributed by atoms with Gasteiger partial charge in [-0.3, -0.25) is 0 Å². The van der Waals surface area contributed by atoms with Gasteiger partial charge in [-0.1, -0.05) is 38.1 Å². The third-order valence-corrected chi connectivity index (χ3v) is 3.15. The second kappa shape index (κ2) is 7.15. The minimum absolute atomic E-state index is 0.172. The number of phenolic OH excluding ortho intramolecular Hbond substituents is 1. The Hall–Kier alpha value is -1.74. The van der Waals surface area contributed by atoms with E-state index in [4.69, 9.17) is 9.47 Å². The maximum absolute atomic E-state index is 9.92. The number of ether oxygens (including phenoxy) is 2. The molecule has 0 atom stereocenters. The van der Waals surface area contributed by atoms with Crippen LogP contribution in [0.1, 0.15) is 20.3 Å². The average molecular weight is 274 g/mol. The fraction of sp³-hybridized carbons (Fsp3) is 0.412. The molecule has 20 heavy (non-hydrogen) atoms. The first kappa shape index (κ1) is 14.7. The lowest BCUT2D eigenvalue weighted by Gasteiger charge is -2.10. The number of hydrogen-bond donors (Lipinski definition) is 1. The van der Waals surface area contributed by atoms with Crippen molar-refractivity contribution in [1.29, 1.82) is 0 Å². The Morgan fingerprint density at radius 2 is 1.70 bits per heavy atom. The quantitative estimate of drug-likeness (QED) is 0.776. The Morgan fingerprint density at radius 1 is 1.00 bits per heavy atom. The van der Waals surface area contributed by atoms with Gasteiger partial charge in [0.25, 0.3) is 0 Å². The molecule has 0 saturated carbocycles. The number of fused-ring (bicyclic) bond motifs is 1. The maximum Gasteiger partial charge on any atom is 0.161 e. The first-order valence-corrected chi connectivity index (χ1v) is 7.09. The van der Waals surface area contributed by atoms with Gasteiger partial charge in [-0.25, -0.2) is 0 Å². The zero-order valence-electron chi connectivity index (χ0n) is 12.1. The van der Waals surface area contributed by atoms with Crippen molar-refractivity contribution in [2.75, 3.05) is 19.8 Å². The topological polar surface area (TPSA) is 38.7 Å². The number of rotatable bonds is 7. The van der Waals surface area contributed by atoms with E-state index < -0.39 is 0 Å². The molecule has 0 radical (unpaired) electrons. The molecule has 2 aromatic carbocycles. The normalized spacial score (nSPS) is 11.2. The Bertz CT molecular complexity index is 549. The number of aromatic hydroxyl groups is 1. The molecular formula is C17H22O3. The molecule has 3 heteroatoms. The lowest BCUT2D eigenvalue weighted by molar-refractivity contribution is 0.0917. The van der Waals surface area contributed by atoms with E-state index >= 15 is 0 Å². The highest BCUT2D eigenvalue weighted by molar-refractivity contribution is 5.85. The number of phenols is 1. The van der Waals surface area contributed by atoms with Gasteiger partial charge < -0.3 is 14.6 Å². The van der Waals surface area contributed by atoms with Crippen molar-refractivity contribution >= 4 is 10.8 Å². The van der Waals surface area contributed by atoms with E-state index in [2.05, 4.69) is 13.8 Å². The summed E-state index contributed by atoms with van der Waals surface area (Å²) in [7, 11) is 0. The summed E-state index contributed by atoms with van der Waals surface area (Å²) in [6, 6.07) is 11.5. The highest BCUT2D eigenvalue weighted by Gasteiger charge is 2.04. The summed E-state index contributed by atoms with van der Waals surface area (Å²) in [5.74, 6) is 1.34. The zero-order chi connectivity index (χ0) is 14.4. The molecule has 0 aliphatic rings. The predicted molar refractivity (Wildman–Crippen MR) is 81.4 cm³/mol. The molecule has 0 amide bonds. The molecule has 0 aliphatic carbocycles. The molecule has 3 nitrogen and oxygen atoms in total. The van der Waals surface area contributed by atoms with Crippen LogP contribution < -0.4 is 4.74 Å². The summed E-state index contributed by atoms with van der Waals surface area (Å²) in [4.78, 5) is 0. The molecule has 0 saturated heterocycles. The zero-order valence-corrected chi connectivity index (χ0v) is 12.1. The Labute approximate surface area is 120 Å². The molecule has 0 aliphatic heterocycles. The van der Waals surface area contributed by atoms with Crippen molar-refractivity contribution in [3.05, 3.63) is 36.4 Å². The van der Waals surface area contributed by atoms with Crippen molar-refractivity contribution < 1.29 is 14.6 Å². The fourth-order valence-electron chi connectivity index (χ4n) is 1.95. The van der Waals surface area contributed by atoms with Gasteiger partial charge in [0.2, 0.25) is 0 Å². The highest BCUT2D eigenvalue weighted by atomic mass is 16.5. The Balaban J connectivity index is 1.85. The summed E-state index contributed by atoms with van der Waals surface area (Å²) in [6.45, 7) is 6.09. The Morgan fingerprint density at radius 3 is 2.40 bits per heavy atom. The molecule has 0 spiro atoms. The van der Waals surface area contributed by atoms with Crippen molar-refractivity contribution in [3.8, 4) is 11.5 Å². The van der Waals surface area contributed by atoms with E-state index in [-0.39, 0.29) is 5.75 Å². The molecule has 0 fully saturated rings. The van der Waals surface area contributed by atoms with E-state index in [0.717, 1.165) is 23.8 Å². The van der Waals surface area contributed by atoms with Gasteiger partial charge in [-0.2, -0.15) is 0 Å². The van der Waals surface area contributed by atoms with Crippen LogP contribution in [0.2, 0.25) is 0 Å². The van der Waals surface area contributed by atoms with Gasteiger partial charge >= 0.3 is 0 Å². The second-order valence-corrected chi connectivity index (χ2v) is 5.31. The van der Waals surface area contributed by atoms with Crippen LogP contribution >= 0.6 is 0 Å². The average Bonchev–Trinajstić information content (AvgIpc) is 2.42. The molecule has 2 rings (SSSR count). The first-order chi connectivity index (χ1) is 9.66. The summed E-state index contributed by atoms with van der Waals surface area (Å²) in [5, 5.41) is 12.0. The molecule has 0 aromatic heterocycles. The summed E-state index contributed by atoms with van der Waals surface area (Å²) in [5.41, 5.74) is 0. The second-order valence-electron chi connectivity index (χ2n) is 5.31. The van der Waals surface area contributed by atoms with Crippen LogP contribution in [-0.2, 0) is 4.74 Å². The largest absolute Gasteiger partial charge is 0.504 e. The maximum atomic E-state index is 9.92. The van der Waals surface area contributed by atoms with Crippen LogP contribution in [0.5, 0.6) is 11.5 Å². The summed E-state index contributed by atoms with van der Waals surface area (Å²) < 4.78 is 11.1. The third kappa shape index (κ3) is 4.14. The highest BCUT2D eigenvalue weighted by Crippen LogP contribution is 2.31. The molecule has 108 valence electrons. The van der Waals surface area contributed by atoms with Crippen LogP contribution in [0.15, 0.2) is 36.4 Å². The van der Waals surface area contributed by atoms with E-state index in [9.17, 15) is 5.11 Å². The minimum Gasteiger partial charge on any atom is -0.504 e. The number of hydrogen-bond acceptors (Lipinski definition) is 3. The lowest BCUT2D eigenvalue weighted by Crippen LogP contribution is -2.08. The monoisotopic (exact) mass is 274 g/mol. The SMILES string of the molecule is CC(C)CCOCCOc1cc2ccccc2cc1O. The van der Waals surface area contributed by atoms with Crippen LogP contribution in [-0.4, -0.2) is 24.9 Å². The van der Waals surface area contributed by atoms with Gasteiger partial charge in [-0.15, -0.1) is 0 Å². The van der Waals surface area contributed by atoms with Crippen LogP contribution in [0.3, 0.4) is 0 Å². The van der Waals surface area contributed by atoms with Gasteiger partial charge in [0, 0.05) is 6.61 Å². The van der Waals surface area contributed by atoms with E-state index in [1.165, 1.54) is 0 Å². The van der Waals surface area contributed by atoms with Crippen LogP contribution in [0, 0.1) is 5.92 Å². The molecule has 2 aromatic rings. The van der Waals surface area contributed by atoms with Gasteiger partial charge in [0.1, 0.15) is 6.61 Å². The van der Waals surface area contributed by atoms with E-state index in [1.54, 1.807) is 6.07 Å². The lowest BCUT2D eigenvalue weighted by atomic mass is 10.1. The molecule has 0 heterocycles. The molecule has 0 unspecified atom stereocenters. The standard InChI is InChI=1S/C17H22O3/c1-13(2)7-8-19-9-10-20-17-12-15-6-4-3-5-14(15)11-16(17)18/h3-6,11-13,18H,7-10H2,1-2H3. The van der Waals surface area contributed by atoms with Gasteiger partial charge in [-0.05, 0) is 35.2 Å². The molecular weight excluding hydrogens is 252 g/mol. The van der Waals surface area contributed by atoms with Crippen molar-refractivity contribution in [2.45, 2.75) is 20.3 Å². The summed E-state index contributed by atoms with van der Waals surface area (Å²) >= 11 is 0. The minimum atomic E-state index is 0.172. The first-order valence-electron chi connectivity index (χ1n) is 7.09. The van der Waals surface area contributed by atoms with Crippen molar-refractivity contribution in [1.82, 2.24) is 0 Å². The number of benzene rings is 2. The molecule has 1 N–H and O–H groups in total.